The van der Waals surface area contributed by atoms with E-state index in [9.17, 15) is 29.1 Å². The second-order valence-electron chi connectivity index (χ2n) is 7.46. The Morgan fingerprint density at radius 2 is 1.41 bits per heavy atom. The second-order valence-corrected chi connectivity index (χ2v) is 7.46. The van der Waals surface area contributed by atoms with Gasteiger partial charge in [0.1, 0.15) is 18.1 Å². The van der Waals surface area contributed by atoms with Gasteiger partial charge in [-0.2, -0.15) is 0 Å². The number of imidazole rings is 2. The number of hydrogen-bond donors (Lipinski definition) is 8. The van der Waals surface area contributed by atoms with Gasteiger partial charge in [-0.25, -0.2) is 9.97 Å². The number of nitrogens with one attached hydrogen (secondary N) is 5. The molecule has 2 rings (SSSR count). The average molecular weight is 478 g/mol. The molecule has 0 aromatic carbocycles. The van der Waals surface area contributed by atoms with Crippen molar-refractivity contribution in [3.63, 3.8) is 0 Å². The molecule has 3 amide bonds. The molecule has 2 aromatic heterocycles. The van der Waals surface area contributed by atoms with E-state index in [-0.39, 0.29) is 12.8 Å². The summed E-state index contributed by atoms with van der Waals surface area (Å²) in [7, 11) is 0. The van der Waals surface area contributed by atoms with Gasteiger partial charge in [0.2, 0.25) is 17.7 Å². The van der Waals surface area contributed by atoms with E-state index in [0.29, 0.717) is 11.4 Å². The van der Waals surface area contributed by atoms with Crippen LogP contribution in [-0.4, -0.2) is 84.0 Å². The molecule has 0 fully saturated rings. The number of aliphatic carboxylic acids is 2. The van der Waals surface area contributed by atoms with Crippen molar-refractivity contribution in [2.75, 3.05) is 0 Å². The number of hydrogen-bond acceptors (Lipinski definition) is 8. The maximum atomic E-state index is 12.8. The first-order valence-corrected chi connectivity index (χ1v) is 10.1. The number of H-pyrrole nitrogens is 2. The Balaban J connectivity index is 2.12. The van der Waals surface area contributed by atoms with Gasteiger partial charge < -0.3 is 41.9 Å². The highest BCUT2D eigenvalue weighted by Crippen LogP contribution is 2.04. The molecule has 4 unspecified atom stereocenters. The molecule has 0 radical (unpaired) electrons. The zero-order chi connectivity index (χ0) is 25.3. The van der Waals surface area contributed by atoms with E-state index in [2.05, 4.69) is 35.9 Å². The third-order valence-electron chi connectivity index (χ3n) is 4.68. The number of carbonyl (C=O) groups is 5. The van der Waals surface area contributed by atoms with Crippen LogP contribution in [0, 0.1) is 0 Å². The van der Waals surface area contributed by atoms with E-state index < -0.39 is 60.2 Å². The van der Waals surface area contributed by atoms with Crippen molar-refractivity contribution in [1.29, 1.82) is 0 Å². The van der Waals surface area contributed by atoms with Gasteiger partial charge >= 0.3 is 11.9 Å². The van der Waals surface area contributed by atoms with E-state index in [1.165, 1.54) is 32.0 Å². The van der Waals surface area contributed by atoms with Crippen molar-refractivity contribution < 1.29 is 34.2 Å². The fourth-order valence-electron chi connectivity index (χ4n) is 2.86. The SMILES string of the molecule is CC(NC(=O)C(Cc1cnc[nH]1)NC(=O)C(CC(=O)O)NC(=O)C(N)Cc1cnc[nH]1)C(=O)O. The number of aromatic amines is 2. The van der Waals surface area contributed by atoms with Crippen molar-refractivity contribution in [2.45, 2.75) is 50.4 Å². The maximum absolute atomic E-state index is 12.8. The van der Waals surface area contributed by atoms with Gasteiger partial charge in [0.25, 0.3) is 0 Å². The quantitative estimate of drug-likeness (QED) is 0.148. The van der Waals surface area contributed by atoms with E-state index >= 15 is 0 Å². The lowest BCUT2D eigenvalue weighted by molar-refractivity contribution is -0.143. The monoisotopic (exact) mass is 478 g/mol. The lowest BCUT2D eigenvalue weighted by Gasteiger charge is -2.23. The number of aromatic nitrogens is 4. The Kier molecular flexibility index (Phi) is 9.25. The largest absolute Gasteiger partial charge is 0.481 e. The first-order chi connectivity index (χ1) is 16.1. The molecule has 0 saturated carbocycles. The lowest BCUT2D eigenvalue weighted by atomic mass is 10.1. The van der Waals surface area contributed by atoms with Crippen molar-refractivity contribution in [2.24, 2.45) is 5.73 Å². The van der Waals surface area contributed by atoms with Gasteiger partial charge in [0, 0.05) is 36.6 Å². The first kappa shape index (κ1) is 26.0. The van der Waals surface area contributed by atoms with E-state index in [4.69, 9.17) is 10.8 Å². The Morgan fingerprint density at radius 1 is 0.882 bits per heavy atom. The molecule has 0 aliphatic carbocycles. The van der Waals surface area contributed by atoms with Gasteiger partial charge in [0.15, 0.2) is 0 Å². The molecule has 0 aliphatic rings. The molecule has 15 nitrogen and oxygen atoms in total. The summed E-state index contributed by atoms with van der Waals surface area (Å²) in [5.41, 5.74) is 6.85. The molecule has 0 aliphatic heterocycles. The summed E-state index contributed by atoms with van der Waals surface area (Å²) in [6, 6.07) is -5.19. The average Bonchev–Trinajstić information content (AvgIpc) is 3.46. The van der Waals surface area contributed by atoms with Crippen LogP contribution in [0.1, 0.15) is 24.7 Å². The standard InChI is InChI=1S/C19H26N8O7/c1-9(19(33)34)25-17(31)13(3-11-6-22-8-24-11)27-18(32)14(4-15(28)29)26-16(30)12(20)2-10-5-21-7-23-10/h5-9,12-14H,2-4,20H2,1H3,(H,21,23)(H,22,24)(H,25,31)(H,26,30)(H,27,32)(H,28,29)(H,33,34). The van der Waals surface area contributed by atoms with Crippen molar-refractivity contribution in [3.05, 3.63) is 36.4 Å². The molecule has 184 valence electrons. The van der Waals surface area contributed by atoms with Crippen LogP contribution < -0.4 is 21.7 Å². The van der Waals surface area contributed by atoms with Crippen LogP contribution in [0.25, 0.3) is 0 Å². The number of amides is 3. The third kappa shape index (κ3) is 8.01. The molecule has 0 spiro atoms. The van der Waals surface area contributed by atoms with Gasteiger partial charge in [-0.1, -0.05) is 0 Å². The highest BCUT2D eigenvalue weighted by molar-refractivity contribution is 5.95. The van der Waals surface area contributed by atoms with Gasteiger partial charge in [-0.05, 0) is 6.92 Å². The molecular weight excluding hydrogens is 452 g/mol. The summed E-state index contributed by atoms with van der Waals surface area (Å²) in [4.78, 5) is 73.4. The normalized spacial score (nSPS) is 14.3. The minimum Gasteiger partial charge on any atom is -0.481 e. The molecular formula is C19H26N8O7. The van der Waals surface area contributed by atoms with Crippen molar-refractivity contribution in [3.8, 4) is 0 Å². The number of nitrogens with two attached hydrogens (primary N) is 1. The van der Waals surface area contributed by atoms with Crippen LogP contribution in [-0.2, 0) is 36.8 Å². The minimum absolute atomic E-state index is 0.0607. The fourth-order valence-corrected chi connectivity index (χ4v) is 2.86. The summed E-state index contributed by atoms with van der Waals surface area (Å²) in [5.74, 6) is -5.25. The topological polar surface area (TPSA) is 245 Å². The predicted molar refractivity (Wildman–Crippen MR) is 114 cm³/mol. The number of carboxylic acids is 2. The first-order valence-electron chi connectivity index (χ1n) is 10.1. The van der Waals surface area contributed by atoms with Crippen LogP contribution in [0.2, 0.25) is 0 Å². The zero-order valence-electron chi connectivity index (χ0n) is 18.1. The zero-order valence-corrected chi connectivity index (χ0v) is 18.1. The van der Waals surface area contributed by atoms with E-state index in [0.717, 1.165) is 0 Å². The summed E-state index contributed by atoms with van der Waals surface area (Å²) >= 11 is 0. The van der Waals surface area contributed by atoms with E-state index in [1.807, 2.05) is 0 Å². The summed E-state index contributed by atoms with van der Waals surface area (Å²) in [6.45, 7) is 1.24. The van der Waals surface area contributed by atoms with Crippen LogP contribution in [0.5, 0.6) is 0 Å². The van der Waals surface area contributed by atoms with Crippen LogP contribution in [0.15, 0.2) is 25.0 Å². The van der Waals surface area contributed by atoms with Crippen LogP contribution >= 0.6 is 0 Å². The minimum atomic E-state index is -1.55. The molecule has 0 saturated heterocycles. The number of carboxylic acid groups (broad SMARTS) is 2. The Hall–Kier alpha value is -4.27. The highest BCUT2D eigenvalue weighted by Gasteiger charge is 2.31. The smallest absolute Gasteiger partial charge is 0.325 e. The summed E-state index contributed by atoms with van der Waals surface area (Å²) in [5, 5.41) is 25.1. The van der Waals surface area contributed by atoms with Crippen molar-refractivity contribution >= 4 is 29.7 Å². The lowest BCUT2D eigenvalue weighted by Crippen LogP contribution is -2.58. The Labute approximate surface area is 192 Å². The van der Waals surface area contributed by atoms with Gasteiger partial charge in [-0.15, -0.1) is 0 Å². The maximum Gasteiger partial charge on any atom is 0.325 e. The molecule has 15 heteroatoms. The number of rotatable bonds is 13. The molecule has 4 atom stereocenters. The van der Waals surface area contributed by atoms with Gasteiger partial charge in [-0.3, -0.25) is 24.0 Å². The number of carbonyl (C=O) groups excluding carboxylic acids is 3. The molecule has 2 heterocycles. The second kappa shape index (κ2) is 12.1. The van der Waals surface area contributed by atoms with Gasteiger partial charge in [0.05, 0.1) is 25.1 Å². The van der Waals surface area contributed by atoms with Crippen LogP contribution in [0.3, 0.4) is 0 Å². The fraction of sp³-hybridized carbons (Fsp3) is 0.421. The number of nitrogens with zero attached hydrogens (tertiary/aromatic N) is 2. The summed E-state index contributed by atoms with van der Waals surface area (Å²) < 4.78 is 0. The summed E-state index contributed by atoms with van der Waals surface area (Å²) in [6.07, 6.45) is 4.79. The Morgan fingerprint density at radius 3 is 1.91 bits per heavy atom. The van der Waals surface area contributed by atoms with Crippen molar-refractivity contribution in [1.82, 2.24) is 35.9 Å². The molecule has 34 heavy (non-hydrogen) atoms. The molecule has 9 N–H and O–H groups in total. The Bertz CT molecular complexity index is 992. The van der Waals surface area contributed by atoms with Crippen LogP contribution in [0.4, 0.5) is 0 Å². The van der Waals surface area contributed by atoms with E-state index in [1.54, 1.807) is 0 Å². The molecule has 0 bridgehead atoms. The highest BCUT2D eigenvalue weighted by atomic mass is 16.4. The predicted octanol–water partition coefficient (Wildman–Crippen LogP) is -2.72. The third-order valence-corrected chi connectivity index (χ3v) is 4.68. The molecule has 2 aromatic rings.